The molecule has 0 aromatic heterocycles. The van der Waals surface area contributed by atoms with Crippen molar-refractivity contribution >= 4 is 56.4 Å². The van der Waals surface area contributed by atoms with E-state index < -0.39 is 35.8 Å². The normalized spacial score (nSPS) is 16.2. The molecule has 1 aliphatic rings. The van der Waals surface area contributed by atoms with Crippen molar-refractivity contribution in [2.24, 2.45) is 5.16 Å². The first-order valence-corrected chi connectivity index (χ1v) is 14.3. The fraction of sp³-hybridized carbons (Fsp3) is 0.156. The monoisotopic (exact) mass is 687 g/mol. The molecule has 0 radical (unpaired) electrons. The van der Waals surface area contributed by atoms with Crippen molar-refractivity contribution < 1.29 is 32.0 Å². The van der Waals surface area contributed by atoms with Gasteiger partial charge in [-0.25, -0.2) is 4.39 Å². The van der Waals surface area contributed by atoms with E-state index in [9.17, 15) is 22.8 Å². The number of hydrogen-bond donors (Lipinski definition) is 2. The molecule has 0 saturated carbocycles. The zero-order chi connectivity index (χ0) is 31.8. The lowest BCUT2D eigenvalue weighted by Gasteiger charge is -2.30. The van der Waals surface area contributed by atoms with E-state index in [1.807, 2.05) is 0 Å². The highest BCUT2D eigenvalue weighted by molar-refractivity contribution is 9.10. The van der Waals surface area contributed by atoms with Crippen LogP contribution in [0.5, 0.6) is 0 Å². The van der Waals surface area contributed by atoms with Gasteiger partial charge in [0.1, 0.15) is 0 Å². The molecule has 2 amide bonds. The van der Waals surface area contributed by atoms with Crippen LogP contribution in [-0.4, -0.2) is 23.7 Å². The number of alkyl halides is 3. The van der Waals surface area contributed by atoms with Crippen molar-refractivity contribution in [2.75, 3.05) is 10.6 Å². The van der Waals surface area contributed by atoms with E-state index in [2.05, 4.69) is 31.7 Å². The van der Waals surface area contributed by atoms with Crippen LogP contribution in [0.3, 0.4) is 0 Å². The highest BCUT2D eigenvalue weighted by atomic mass is 79.9. The largest absolute Gasteiger partial charge is 0.435 e. The first-order chi connectivity index (χ1) is 20.8. The summed E-state index contributed by atoms with van der Waals surface area (Å²) in [6.07, 6.45) is -5.38. The number of halogens is 6. The van der Waals surface area contributed by atoms with Crippen LogP contribution in [0.25, 0.3) is 0 Å². The first kappa shape index (κ1) is 31.2. The Morgan fingerprint density at radius 2 is 1.52 bits per heavy atom. The minimum atomic E-state index is -4.82. The molecular weight excluding hydrogens is 666 g/mol. The SMILES string of the molecule is Cc1cc(C2(C(F)(F)F)CC(c3ccc(Br)cc3)=NO2)cc(C)c1NC(=O)c1cccc(NC(=O)c2ccccc2Cl)c1F. The van der Waals surface area contributed by atoms with Crippen LogP contribution in [0.4, 0.5) is 28.9 Å². The highest BCUT2D eigenvalue weighted by Gasteiger charge is 2.62. The van der Waals surface area contributed by atoms with Gasteiger partial charge in [-0.3, -0.25) is 9.59 Å². The van der Waals surface area contributed by atoms with Gasteiger partial charge in [0.15, 0.2) is 5.82 Å². The average Bonchev–Trinajstić information content (AvgIpc) is 3.44. The zero-order valence-electron chi connectivity index (χ0n) is 23.2. The quantitative estimate of drug-likeness (QED) is 0.199. The molecule has 4 aromatic carbocycles. The highest BCUT2D eigenvalue weighted by Crippen LogP contribution is 2.49. The lowest BCUT2D eigenvalue weighted by Crippen LogP contribution is -2.42. The summed E-state index contributed by atoms with van der Waals surface area (Å²) in [4.78, 5) is 31.0. The molecule has 1 aliphatic heterocycles. The molecule has 0 fully saturated rings. The zero-order valence-corrected chi connectivity index (χ0v) is 25.5. The molecule has 0 bridgehead atoms. The van der Waals surface area contributed by atoms with E-state index >= 15 is 4.39 Å². The van der Waals surface area contributed by atoms with Gasteiger partial charge >= 0.3 is 6.18 Å². The maximum Gasteiger partial charge on any atom is 0.435 e. The fourth-order valence-corrected chi connectivity index (χ4v) is 5.40. The maximum atomic E-state index is 15.4. The lowest BCUT2D eigenvalue weighted by molar-refractivity contribution is -0.275. The van der Waals surface area contributed by atoms with Crippen LogP contribution in [0, 0.1) is 19.7 Å². The number of anilines is 2. The number of aryl methyl sites for hydroxylation is 2. The van der Waals surface area contributed by atoms with Crippen LogP contribution in [-0.2, 0) is 10.4 Å². The Bertz CT molecular complexity index is 1790. The number of amides is 2. The molecule has 226 valence electrons. The van der Waals surface area contributed by atoms with Gasteiger partial charge < -0.3 is 15.5 Å². The second-order valence-electron chi connectivity index (χ2n) is 10.2. The number of oxime groups is 1. The molecule has 1 atom stereocenters. The van der Waals surface area contributed by atoms with Crippen LogP contribution in [0.15, 0.2) is 88.5 Å². The number of carbonyl (C=O) groups excluding carboxylic acids is 2. The minimum Gasteiger partial charge on any atom is -0.374 e. The smallest absolute Gasteiger partial charge is 0.374 e. The molecule has 0 aliphatic carbocycles. The summed E-state index contributed by atoms with van der Waals surface area (Å²) in [6.45, 7) is 3.05. The van der Waals surface area contributed by atoms with E-state index in [-0.39, 0.29) is 38.8 Å². The Hall–Kier alpha value is -4.22. The van der Waals surface area contributed by atoms with E-state index in [0.29, 0.717) is 16.7 Å². The van der Waals surface area contributed by atoms with Gasteiger partial charge in [0.2, 0.25) is 0 Å². The predicted octanol–water partition coefficient (Wildman–Crippen LogP) is 8.95. The summed E-state index contributed by atoms with van der Waals surface area (Å²) < 4.78 is 59.9. The Morgan fingerprint density at radius 3 is 2.16 bits per heavy atom. The van der Waals surface area contributed by atoms with Gasteiger partial charge in [0.25, 0.3) is 17.4 Å². The summed E-state index contributed by atoms with van der Waals surface area (Å²) in [5.41, 5.74) is -2.04. The van der Waals surface area contributed by atoms with Gasteiger partial charge in [0, 0.05) is 22.1 Å². The van der Waals surface area contributed by atoms with Crippen LogP contribution >= 0.6 is 27.5 Å². The Kier molecular flexibility index (Phi) is 8.55. The van der Waals surface area contributed by atoms with Gasteiger partial charge in [-0.15, -0.1) is 0 Å². The molecular formula is C32H23BrClF4N3O3. The third kappa shape index (κ3) is 5.94. The molecule has 1 unspecified atom stereocenters. The predicted molar refractivity (Wildman–Crippen MR) is 164 cm³/mol. The van der Waals surface area contributed by atoms with Crippen molar-refractivity contribution in [2.45, 2.75) is 32.0 Å². The standard InChI is InChI=1S/C32H23BrClF4N3O3/c1-17-14-20(31(32(36,37)38)16-26(41-44-31)19-10-12-21(33)13-11-19)15-18(2)28(17)40-30(43)23-7-5-9-25(27(23)35)39-29(42)22-6-3-4-8-24(22)34/h3-15H,16H2,1-2H3,(H,39,42)(H,40,43). The molecule has 6 nitrogen and oxygen atoms in total. The molecule has 0 saturated heterocycles. The summed E-state index contributed by atoms with van der Waals surface area (Å²) in [7, 11) is 0. The van der Waals surface area contributed by atoms with Gasteiger partial charge in [0.05, 0.1) is 27.5 Å². The van der Waals surface area contributed by atoms with E-state index in [0.717, 1.165) is 4.47 Å². The topological polar surface area (TPSA) is 79.8 Å². The fourth-order valence-electron chi connectivity index (χ4n) is 4.91. The van der Waals surface area contributed by atoms with Gasteiger partial charge in [-0.1, -0.05) is 63.0 Å². The third-order valence-electron chi connectivity index (χ3n) is 7.21. The molecule has 0 spiro atoms. The van der Waals surface area contributed by atoms with E-state index in [1.54, 1.807) is 36.4 Å². The first-order valence-electron chi connectivity index (χ1n) is 13.2. The Morgan fingerprint density at radius 1 is 0.909 bits per heavy atom. The second-order valence-corrected chi connectivity index (χ2v) is 11.5. The van der Waals surface area contributed by atoms with Crippen molar-refractivity contribution in [1.29, 1.82) is 0 Å². The lowest BCUT2D eigenvalue weighted by atomic mass is 9.84. The van der Waals surface area contributed by atoms with E-state index in [1.165, 1.54) is 56.3 Å². The Labute approximate surface area is 263 Å². The van der Waals surface area contributed by atoms with Crippen molar-refractivity contribution in [1.82, 2.24) is 0 Å². The molecule has 5 rings (SSSR count). The summed E-state index contributed by atoms with van der Waals surface area (Å²) in [5.74, 6) is -2.53. The third-order valence-corrected chi connectivity index (χ3v) is 8.07. The molecule has 44 heavy (non-hydrogen) atoms. The number of carbonyl (C=O) groups is 2. The van der Waals surface area contributed by atoms with E-state index in [4.69, 9.17) is 16.4 Å². The van der Waals surface area contributed by atoms with Crippen molar-refractivity contribution in [3.8, 4) is 0 Å². The van der Waals surface area contributed by atoms with Crippen molar-refractivity contribution in [3.63, 3.8) is 0 Å². The van der Waals surface area contributed by atoms with Crippen LogP contribution in [0.1, 0.15) is 49.4 Å². The molecule has 1 heterocycles. The minimum absolute atomic E-state index is 0.118. The van der Waals surface area contributed by atoms with Gasteiger partial charge in [-0.05, 0) is 79.1 Å². The average molecular weight is 689 g/mol. The number of nitrogens with one attached hydrogen (secondary N) is 2. The molecule has 12 heteroatoms. The Balaban J connectivity index is 1.40. The second kappa shape index (κ2) is 12.0. The number of rotatable bonds is 6. The molecule has 2 N–H and O–H groups in total. The summed E-state index contributed by atoms with van der Waals surface area (Å²) in [6, 6.07) is 19.3. The molecule has 4 aromatic rings. The van der Waals surface area contributed by atoms with Gasteiger partial charge in [-0.2, -0.15) is 13.2 Å². The number of nitrogens with zero attached hydrogens (tertiary/aromatic N) is 1. The number of hydrogen-bond acceptors (Lipinski definition) is 4. The maximum absolute atomic E-state index is 15.4. The van der Waals surface area contributed by atoms with Crippen LogP contribution in [0.2, 0.25) is 5.02 Å². The van der Waals surface area contributed by atoms with Crippen molar-refractivity contribution in [3.05, 3.63) is 128 Å². The summed E-state index contributed by atoms with van der Waals surface area (Å²) in [5, 5.41) is 8.97. The summed E-state index contributed by atoms with van der Waals surface area (Å²) >= 11 is 9.36. The number of benzene rings is 4. The van der Waals surface area contributed by atoms with Crippen LogP contribution < -0.4 is 10.6 Å².